The standard InChI is InChI=1S/C14H23N3O3/c15-11(18)5-4-10(13(16)20)17-9-14(8-12(17)19)6-2-1-3-7-14/h10H,1-9H2,(H2,15,18)(H2,16,20)/t10-/m0/s1. The largest absolute Gasteiger partial charge is 0.370 e. The van der Waals surface area contributed by atoms with E-state index in [1.807, 2.05) is 0 Å². The first kappa shape index (κ1) is 14.8. The van der Waals surface area contributed by atoms with Gasteiger partial charge in [0.2, 0.25) is 17.7 Å². The van der Waals surface area contributed by atoms with Crippen LogP contribution in [0.2, 0.25) is 0 Å². The zero-order valence-electron chi connectivity index (χ0n) is 11.8. The molecule has 2 fully saturated rings. The molecule has 1 saturated heterocycles. The number of amides is 3. The quantitative estimate of drug-likeness (QED) is 0.756. The van der Waals surface area contributed by atoms with Crippen LogP contribution < -0.4 is 11.5 Å². The molecule has 2 rings (SSSR count). The van der Waals surface area contributed by atoms with Gasteiger partial charge in [0.25, 0.3) is 0 Å². The van der Waals surface area contributed by atoms with Gasteiger partial charge in [-0.1, -0.05) is 19.3 Å². The molecule has 2 aliphatic rings. The van der Waals surface area contributed by atoms with Gasteiger partial charge in [0.1, 0.15) is 6.04 Å². The number of rotatable bonds is 5. The average Bonchev–Trinajstić information content (AvgIpc) is 2.66. The van der Waals surface area contributed by atoms with E-state index in [2.05, 4.69) is 0 Å². The lowest BCUT2D eigenvalue weighted by molar-refractivity contribution is -0.136. The van der Waals surface area contributed by atoms with Crippen molar-refractivity contribution in [2.45, 2.75) is 57.4 Å². The number of primary amides is 2. The highest BCUT2D eigenvalue weighted by atomic mass is 16.2. The highest BCUT2D eigenvalue weighted by Gasteiger charge is 2.46. The van der Waals surface area contributed by atoms with Gasteiger partial charge in [-0.15, -0.1) is 0 Å². The fourth-order valence-corrected chi connectivity index (χ4v) is 3.58. The molecule has 4 N–H and O–H groups in total. The van der Waals surface area contributed by atoms with E-state index < -0.39 is 17.9 Å². The number of hydrogen-bond donors (Lipinski definition) is 2. The number of carbonyl (C=O) groups is 3. The zero-order valence-corrected chi connectivity index (χ0v) is 11.8. The van der Waals surface area contributed by atoms with Gasteiger partial charge in [-0.3, -0.25) is 14.4 Å². The number of likely N-dealkylation sites (tertiary alicyclic amines) is 1. The molecule has 0 bridgehead atoms. The van der Waals surface area contributed by atoms with E-state index in [1.54, 1.807) is 4.90 Å². The highest BCUT2D eigenvalue weighted by Crippen LogP contribution is 2.44. The van der Waals surface area contributed by atoms with Crippen molar-refractivity contribution in [3.05, 3.63) is 0 Å². The van der Waals surface area contributed by atoms with Crippen molar-refractivity contribution in [1.82, 2.24) is 4.90 Å². The van der Waals surface area contributed by atoms with Crippen LogP contribution in [-0.2, 0) is 14.4 Å². The molecule has 3 amide bonds. The van der Waals surface area contributed by atoms with Crippen LogP contribution in [0.15, 0.2) is 0 Å². The van der Waals surface area contributed by atoms with Crippen molar-refractivity contribution in [2.75, 3.05) is 6.54 Å². The minimum absolute atomic E-state index is 0.0137. The maximum absolute atomic E-state index is 12.2. The Balaban J connectivity index is 2.07. The molecule has 1 aliphatic heterocycles. The lowest BCUT2D eigenvalue weighted by Gasteiger charge is -2.34. The first-order valence-corrected chi connectivity index (χ1v) is 7.31. The van der Waals surface area contributed by atoms with Crippen molar-refractivity contribution in [2.24, 2.45) is 16.9 Å². The van der Waals surface area contributed by atoms with Crippen LogP contribution >= 0.6 is 0 Å². The molecule has 1 heterocycles. The van der Waals surface area contributed by atoms with E-state index in [0.29, 0.717) is 13.0 Å². The molecule has 112 valence electrons. The molecule has 1 aliphatic carbocycles. The van der Waals surface area contributed by atoms with Gasteiger partial charge in [-0.25, -0.2) is 0 Å². The maximum atomic E-state index is 12.2. The SMILES string of the molecule is NC(=O)CC[C@@H](C(N)=O)N1CC2(CCCCC2)CC1=O. The fourth-order valence-electron chi connectivity index (χ4n) is 3.58. The van der Waals surface area contributed by atoms with Crippen molar-refractivity contribution in [3.63, 3.8) is 0 Å². The summed E-state index contributed by atoms with van der Waals surface area (Å²) in [5.41, 5.74) is 10.5. The molecule has 1 spiro atoms. The van der Waals surface area contributed by atoms with Crippen molar-refractivity contribution in [1.29, 1.82) is 0 Å². The minimum atomic E-state index is -0.698. The van der Waals surface area contributed by atoms with Gasteiger partial charge in [0.05, 0.1) is 0 Å². The van der Waals surface area contributed by atoms with Gasteiger partial charge >= 0.3 is 0 Å². The summed E-state index contributed by atoms with van der Waals surface area (Å²) in [6.07, 6.45) is 6.39. The predicted octanol–water partition coefficient (Wildman–Crippen LogP) is 0.289. The third-order valence-electron chi connectivity index (χ3n) is 4.64. The Kier molecular flexibility index (Phi) is 4.30. The third kappa shape index (κ3) is 3.11. The molecule has 0 aromatic carbocycles. The molecule has 0 aromatic heterocycles. The van der Waals surface area contributed by atoms with Crippen LogP contribution in [0.1, 0.15) is 51.4 Å². The summed E-state index contributed by atoms with van der Waals surface area (Å²) in [5.74, 6) is -1.04. The third-order valence-corrected chi connectivity index (χ3v) is 4.64. The molecule has 0 radical (unpaired) electrons. The molecule has 0 aromatic rings. The van der Waals surface area contributed by atoms with Gasteiger partial charge in [0, 0.05) is 19.4 Å². The average molecular weight is 281 g/mol. The lowest BCUT2D eigenvalue weighted by Crippen LogP contribution is -2.46. The second-order valence-electron chi connectivity index (χ2n) is 6.18. The number of nitrogens with zero attached hydrogens (tertiary/aromatic N) is 1. The van der Waals surface area contributed by atoms with Gasteiger partial charge in [-0.2, -0.15) is 0 Å². The van der Waals surface area contributed by atoms with Crippen LogP contribution in [0.25, 0.3) is 0 Å². The summed E-state index contributed by atoms with van der Waals surface area (Å²) in [4.78, 5) is 36.3. The second kappa shape index (κ2) is 5.81. The topological polar surface area (TPSA) is 106 Å². The second-order valence-corrected chi connectivity index (χ2v) is 6.18. The van der Waals surface area contributed by atoms with E-state index >= 15 is 0 Å². The zero-order chi connectivity index (χ0) is 14.8. The number of carbonyl (C=O) groups excluding carboxylic acids is 3. The van der Waals surface area contributed by atoms with E-state index in [1.165, 1.54) is 6.42 Å². The molecular weight excluding hydrogens is 258 g/mol. The summed E-state index contributed by atoms with van der Waals surface area (Å²) < 4.78 is 0. The molecular formula is C14H23N3O3. The maximum Gasteiger partial charge on any atom is 0.240 e. The molecule has 1 atom stereocenters. The van der Waals surface area contributed by atoms with E-state index in [4.69, 9.17) is 11.5 Å². The monoisotopic (exact) mass is 281 g/mol. The molecule has 0 unspecified atom stereocenters. The normalized spacial score (nSPS) is 23.0. The Hall–Kier alpha value is -1.59. The van der Waals surface area contributed by atoms with Crippen molar-refractivity contribution in [3.8, 4) is 0 Å². The van der Waals surface area contributed by atoms with Crippen LogP contribution in [0.3, 0.4) is 0 Å². The minimum Gasteiger partial charge on any atom is -0.370 e. The van der Waals surface area contributed by atoms with E-state index in [0.717, 1.165) is 25.7 Å². The number of hydrogen-bond acceptors (Lipinski definition) is 3. The van der Waals surface area contributed by atoms with Gasteiger partial charge in [0.15, 0.2) is 0 Å². The summed E-state index contributed by atoms with van der Waals surface area (Å²) >= 11 is 0. The van der Waals surface area contributed by atoms with Crippen LogP contribution in [-0.4, -0.2) is 35.2 Å². The van der Waals surface area contributed by atoms with Crippen LogP contribution in [0.4, 0.5) is 0 Å². The summed E-state index contributed by atoms with van der Waals surface area (Å²) in [6, 6.07) is -0.698. The molecule has 6 heteroatoms. The Bertz CT molecular complexity index is 416. The van der Waals surface area contributed by atoms with Gasteiger partial charge < -0.3 is 16.4 Å². The lowest BCUT2D eigenvalue weighted by atomic mass is 9.73. The van der Waals surface area contributed by atoms with Gasteiger partial charge in [-0.05, 0) is 24.7 Å². The Labute approximate surface area is 118 Å². The first-order valence-electron chi connectivity index (χ1n) is 7.31. The Morgan fingerprint density at radius 1 is 1.20 bits per heavy atom. The molecule has 6 nitrogen and oxygen atoms in total. The van der Waals surface area contributed by atoms with Crippen LogP contribution in [0.5, 0.6) is 0 Å². The fraction of sp³-hybridized carbons (Fsp3) is 0.786. The van der Waals surface area contributed by atoms with E-state index in [-0.39, 0.29) is 24.2 Å². The van der Waals surface area contributed by atoms with Crippen molar-refractivity contribution >= 4 is 17.7 Å². The molecule has 20 heavy (non-hydrogen) atoms. The Morgan fingerprint density at radius 3 is 2.40 bits per heavy atom. The summed E-state index contributed by atoms with van der Waals surface area (Å²) in [6.45, 7) is 0.595. The predicted molar refractivity (Wildman–Crippen MR) is 73.3 cm³/mol. The van der Waals surface area contributed by atoms with Crippen molar-refractivity contribution < 1.29 is 14.4 Å². The summed E-state index contributed by atoms with van der Waals surface area (Å²) in [7, 11) is 0. The Morgan fingerprint density at radius 2 is 1.85 bits per heavy atom. The first-order chi connectivity index (χ1) is 9.43. The van der Waals surface area contributed by atoms with E-state index in [9.17, 15) is 14.4 Å². The highest BCUT2D eigenvalue weighted by molar-refractivity contribution is 5.88. The van der Waals surface area contributed by atoms with Crippen LogP contribution in [0, 0.1) is 5.41 Å². The number of nitrogens with two attached hydrogens (primary N) is 2. The smallest absolute Gasteiger partial charge is 0.240 e. The molecule has 1 saturated carbocycles. The summed E-state index contributed by atoms with van der Waals surface area (Å²) in [5, 5.41) is 0.